The molecule has 1 aromatic rings. The van der Waals surface area contributed by atoms with Crippen LogP contribution in [0.1, 0.15) is 12.5 Å². The number of allylic oxidation sites excluding steroid dienone is 1. The Kier molecular flexibility index (Phi) is 5.73. The molecule has 0 aliphatic heterocycles. The van der Waals surface area contributed by atoms with Gasteiger partial charge in [-0.05, 0) is 24.6 Å². The van der Waals surface area contributed by atoms with E-state index in [0.29, 0.717) is 0 Å². The normalized spacial score (nSPS) is 11.9. The minimum Gasteiger partial charge on any atom is -0.207 e. The van der Waals surface area contributed by atoms with Crippen molar-refractivity contribution in [3.8, 4) is 0 Å². The predicted octanol–water partition coefficient (Wildman–Crippen LogP) is 3.08. The van der Waals surface area contributed by atoms with E-state index in [1.54, 1.807) is 36.4 Å². The lowest BCUT2D eigenvalue weighted by molar-refractivity contribution is 0.474. The van der Waals surface area contributed by atoms with Gasteiger partial charge in [-0.15, -0.1) is 13.2 Å². The van der Waals surface area contributed by atoms with Crippen LogP contribution in [0, 0.1) is 0 Å². The lowest BCUT2D eigenvalue weighted by atomic mass is 10.2. The van der Waals surface area contributed by atoms with Gasteiger partial charge < -0.3 is 0 Å². The van der Waals surface area contributed by atoms with E-state index in [2.05, 4.69) is 13.2 Å². The predicted molar refractivity (Wildman–Crippen MR) is 80.3 cm³/mol. The number of hydrogen-bond donors (Lipinski definition) is 0. The average molecular weight is 277 g/mol. The molecule has 19 heavy (non-hydrogen) atoms. The molecule has 0 unspecified atom stereocenters. The van der Waals surface area contributed by atoms with Crippen molar-refractivity contribution in [2.24, 2.45) is 0 Å². The maximum absolute atomic E-state index is 12.4. The molecule has 1 aromatic carbocycles. The zero-order chi connectivity index (χ0) is 14.3. The van der Waals surface area contributed by atoms with Gasteiger partial charge in [-0.1, -0.05) is 36.4 Å². The molecule has 0 bridgehead atoms. The molecule has 1 rings (SSSR count). The second kappa shape index (κ2) is 7.07. The zero-order valence-electron chi connectivity index (χ0n) is 11.1. The van der Waals surface area contributed by atoms with Crippen molar-refractivity contribution in [3.63, 3.8) is 0 Å². The number of benzene rings is 1. The first-order valence-corrected chi connectivity index (χ1v) is 7.45. The molecule has 0 saturated carbocycles. The quantitative estimate of drug-likeness (QED) is 0.718. The van der Waals surface area contributed by atoms with Gasteiger partial charge in [0.2, 0.25) is 10.0 Å². The minimum absolute atomic E-state index is 0.269. The molecule has 0 spiro atoms. The van der Waals surface area contributed by atoms with Crippen LogP contribution in [0.15, 0.2) is 60.5 Å². The summed E-state index contributed by atoms with van der Waals surface area (Å²) in [4.78, 5) is 0.282. The van der Waals surface area contributed by atoms with Crippen LogP contribution in [-0.2, 0) is 10.0 Å². The lowest BCUT2D eigenvalue weighted by Crippen LogP contribution is -2.31. The molecular formula is C15H19NO2S. The van der Waals surface area contributed by atoms with E-state index >= 15 is 0 Å². The van der Waals surface area contributed by atoms with E-state index in [9.17, 15) is 8.42 Å². The molecule has 0 amide bonds. The SMILES string of the molecule is C=CCN(CC=C)S(=O)(=O)c1ccc(/C=C/C)cc1. The highest BCUT2D eigenvalue weighted by atomic mass is 32.2. The van der Waals surface area contributed by atoms with Crippen LogP contribution in [0.3, 0.4) is 0 Å². The third kappa shape index (κ3) is 3.91. The van der Waals surface area contributed by atoms with E-state index in [-0.39, 0.29) is 18.0 Å². The van der Waals surface area contributed by atoms with Crippen LogP contribution in [0.4, 0.5) is 0 Å². The summed E-state index contributed by atoms with van der Waals surface area (Å²) in [5.41, 5.74) is 0.973. The number of nitrogens with zero attached hydrogens (tertiary/aromatic N) is 1. The van der Waals surface area contributed by atoms with Crippen molar-refractivity contribution < 1.29 is 8.42 Å². The molecule has 4 heteroatoms. The number of sulfonamides is 1. The maximum Gasteiger partial charge on any atom is 0.243 e. The molecule has 102 valence electrons. The van der Waals surface area contributed by atoms with Crippen molar-refractivity contribution in [1.29, 1.82) is 0 Å². The second-order valence-electron chi connectivity index (χ2n) is 3.97. The van der Waals surface area contributed by atoms with Gasteiger partial charge in [0.1, 0.15) is 0 Å². The van der Waals surface area contributed by atoms with Gasteiger partial charge in [0, 0.05) is 13.1 Å². The smallest absolute Gasteiger partial charge is 0.207 e. The second-order valence-corrected chi connectivity index (χ2v) is 5.91. The topological polar surface area (TPSA) is 37.4 Å². The summed E-state index contributed by atoms with van der Waals surface area (Å²) in [7, 11) is -3.49. The third-order valence-electron chi connectivity index (χ3n) is 2.54. The summed E-state index contributed by atoms with van der Waals surface area (Å²) < 4.78 is 26.1. The highest BCUT2D eigenvalue weighted by Crippen LogP contribution is 2.17. The van der Waals surface area contributed by atoms with Gasteiger partial charge in [0.05, 0.1) is 4.90 Å². The van der Waals surface area contributed by atoms with E-state index in [4.69, 9.17) is 0 Å². The Balaban J connectivity index is 3.09. The Morgan fingerprint density at radius 1 is 1.11 bits per heavy atom. The fourth-order valence-corrected chi connectivity index (χ4v) is 3.03. The Hall–Kier alpha value is -1.65. The molecule has 0 aliphatic carbocycles. The fourth-order valence-electron chi connectivity index (χ4n) is 1.65. The van der Waals surface area contributed by atoms with Gasteiger partial charge in [-0.25, -0.2) is 8.42 Å². The van der Waals surface area contributed by atoms with Crippen LogP contribution >= 0.6 is 0 Å². The van der Waals surface area contributed by atoms with Crippen LogP contribution in [-0.4, -0.2) is 25.8 Å². The van der Waals surface area contributed by atoms with E-state index < -0.39 is 10.0 Å². The molecule has 0 radical (unpaired) electrons. The Morgan fingerprint density at radius 2 is 1.63 bits per heavy atom. The van der Waals surface area contributed by atoms with E-state index in [0.717, 1.165) is 5.56 Å². The van der Waals surface area contributed by atoms with Gasteiger partial charge in [-0.3, -0.25) is 0 Å². The van der Waals surface area contributed by atoms with E-state index in [1.165, 1.54) is 4.31 Å². The van der Waals surface area contributed by atoms with Gasteiger partial charge in [0.15, 0.2) is 0 Å². The molecule has 0 heterocycles. The van der Waals surface area contributed by atoms with Crippen LogP contribution in [0.5, 0.6) is 0 Å². The molecule has 0 aromatic heterocycles. The Morgan fingerprint density at radius 3 is 2.05 bits per heavy atom. The van der Waals surface area contributed by atoms with Gasteiger partial charge >= 0.3 is 0 Å². The summed E-state index contributed by atoms with van der Waals surface area (Å²) >= 11 is 0. The molecule has 0 saturated heterocycles. The van der Waals surface area contributed by atoms with Crippen LogP contribution in [0.25, 0.3) is 6.08 Å². The first kappa shape index (κ1) is 15.4. The molecule has 0 atom stereocenters. The first-order valence-electron chi connectivity index (χ1n) is 6.01. The average Bonchev–Trinajstić information content (AvgIpc) is 2.39. The molecule has 0 N–H and O–H groups in total. The van der Waals surface area contributed by atoms with Crippen LogP contribution < -0.4 is 0 Å². The zero-order valence-corrected chi connectivity index (χ0v) is 11.9. The molecular weight excluding hydrogens is 258 g/mol. The monoisotopic (exact) mass is 277 g/mol. The van der Waals surface area contributed by atoms with Crippen molar-refractivity contribution >= 4 is 16.1 Å². The molecule has 0 aliphatic rings. The Labute approximate surface area is 115 Å². The maximum atomic E-state index is 12.4. The summed E-state index contributed by atoms with van der Waals surface area (Å²) in [6.07, 6.45) is 6.96. The lowest BCUT2D eigenvalue weighted by Gasteiger charge is -2.19. The summed E-state index contributed by atoms with van der Waals surface area (Å²) in [6, 6.07) is 6.80. The molecule has 0 fully saturated rings. The van der Waals surface area contributed by atoms with Crippen molar-refractivity contribution in [1.82, 2.24) is 4.31 Å². The standard InChI is InChI=1S/C15H19NO2S/c1-4-7-14-8-10-15(11-9-14)19(17,18)16(12-5-2)13-6-3/h4-11H,2-3,12-13H2,1H3/b7-4+. The van der Waals surface area contributed by atoms with Crippen molar-refractivity contribution in [2.45, 2.75) is 11.8 Å². The Bertz CT molecular complexity index is 546. The fraction of sp³-hybridized carbons (Fsp3) is 0.200. The summed E-state index contributed by atoms with van der Waals surface area (Å²) in [5, 5.41) is 0. The summed E-state index contributed by atoms with van der Waals surface area (Å²) in [5.74, 6) is 0. The van der Waals surface area contributed by atoms with Crippen molar-refractivity contribution in [3.05, 3.63) is 61.2 Å². The molecule has 3 nitrogen and oxygen atoms in total. The largest absolute Gasteiger partial charge is 0.243 e. The highest BCUT2D eigenvalue weighted by Gasteiger charge is 2.21. The van der Waals surface area contributed by atoms with Gasteiger partial charge in [-0.2, -0.15) is 4.31 Å². The number of rotatable bonds is 7. The number of hydrogen-bond acceptors (Lipinski definition) is 2. The minimum atomic E-state index is -3.49. The third-order valence-corrected chi connectivity index (χ3v) is 4.39. The van der Waals surface area contributed by atoms with Crippen molar-refractivity contribution in [2.75, 3.05) is 13.1 Å². The highest BCUT2D eigenvalue weighted by molar-refractivity contribution is 7.89. The van der Waals surface area contributed by atoms with E-state index in [1.807, 2.05) is 19.1 Å². The van der Waals surface area contributed by atoms with Gasteiger partial charge in [0.25, 0.3) is 0 Å². The van der Waals surface area contributed by atoms with Crippen LogP contribution in [0.2, 0.25) is 0 Å². The summed E-state index contributed by atoms with van der Waals surface area (Å²) in [6.45, 7) is 9.61. The first-order chi connectivity index (χ1) is 9.06.